The van der Waals surface area contributed by atoms with Gasteiger partial charge in [0.2, 0.25) is 10.0 Å². The van der Waals surface area contributed by atoms with E-state index in [1.807, 2.05) is 24.4 Å². The van der Waals surface area contributed by atoms with Gasteiger partial charge in [0.1, 0.15) is 0 Å². The number of rotatable bonds is 11. The molecule has 1 aromatic heterocycles. The summed E-state index contributed by atoms with van der Waals surface area (Å²) >= 11 is 5.89. The second-order valence-electron chi connectivity index (χ2n) is 8.03. The fourth-order valence-corrected chi connectivity index (χ4v) is 4.94. The Morgan fingerprint density at radius 1 is 1.00 bits per heavy atom. The highest BCUT2D eigenvalue weighted by atomic mass is 35.5. The molecule has 180 valence electrons. The van der Waals surface area contributed by atoms with Crippen LogP contribution in [0.25, 0.3) is 0 Å². The van der Waals surface area contributed by atoms with E-state index in [2.05, 4.69) is 17.1 Å². The third-order valence-corrected chi connectivity index (χ3v) is 7.53. The van der Waals surface area contributed by atoms with E-state index < -0.39 is 10.0 Å². The molecular weight excluding hydrogens is 472 g/mol. The van der Waals surface area contributed by atoms with Crippen LogP contribution < -0.4 is 0 Å². The molecule has 3 rings (SSSR count). The fraction of sp³-hybridized carbons (Fsp3) is 0.308. The first-order chi connectivity index (χ1) is 16.3. The van der Waals surface area contributed by atoms with Crippen molar-refractivity contribution in [2.24, 2.45) is 0 Å². The van der Waals surface area contributed by atoms with Gasteiger partial charge < -0.3 is 4.74 Å². The van der Waals surface area contributed by atoms with Crippen molar-refractivity contribution in [2.45, 2.75) is 37.5 Å². The van der Waals surface area contributed by atoms with Crippen LogP contribution in [0, 0.1) is 0 Å². The normalized spacial score (nSPS) is 11.5. The topological polar surface area (TPSA) is 76.6 Å². The first kappa shape index (κ1) is 25.9. The van der Waals surface area contributed by atoms with Gasteiger partial charge in [0.25, 0.3) is 0 Å². The molecule has 0 bridgehead atoms. The number of esters is 1. The number of nitrogens with zero attached hydrogens (tertiary/aromatic N) is 2. The Balaban J connectivity index is 1.76. The zero-order valence-corrected chi connectivity index (χ0v) is 21.0. The summed E-state index contributed by atoms with van der Waals surface area (Å²) in [4.78, 5) is 16.2. The number of aromatic nitrogens is 1. The Hall–Kier alpha value is -2.74. The highest BCUT2D eigenvalue weighted by Crippen LogP contribution is 2.20. The number of likely N-dealkylation sites (N-methyl/N-ethyl adjacent to an activating group) is 1. The minimum absolute atomic E-state index is 0.208. The van der Waals surface area contributed by atoms with Crippen molar-refractivity contribution in [1.82, 2.24) is 9.29 Å². The van der Waals surface area contributed by atoms with Crippen molar-refractivity contribution >= 4 is 27.6 Å². The Bertz CT molecular complexity index is 1200. The number of aryl methyl sites for hydroxylation is 1. The van der Waals surface area contributed by atoms with Crippen LogP contribution in [0.4, 0.5) is 0 Å². The van der Waals surface area contributed by atoms with Gasteiger partial charge in [0, 0.05) is 37.4 Å². The van der Waals surface area contributed by atoms with Crippen LogP contribution in [0.1, 0.15) is 35.6 Å². The molecule has 8 heteroatoms. The standard InChI is InChI=1S/C26H29ClN2O4S/c1-3-33-26(30)11-6-20-15-21(17-23(16-20)18-22-5-4-13-28-19-22)12-14-29(2)34(31,32)25-9-7-24(27)8-10-25/h4-5,7-10,13,15-17,19H,3,6,11-12,14,18H2,1-2H3. The molecule has 34 heavy (non-hydrogen) atoms. The minimum atomic E-state index is -3.62. The molecule has 0 saturated carbocycles. The van der Waals surface area contributed by atoms with Gasteiger partial charge in [0.15, 0.2) is 0 Å². The molecule has 0 radical (unpaired) electrons. The third kappa shape index (κ3) is 7.38. The number of sulfonamides is 1. The number of carbonyl (C=O) groups excluding carboxylic acids is 1. The van der Waals surface area contributed by atoms with E-state index >= 15 is 0 Å². The molecule has 1 heterocycles. The zero-order chi connectivity index (χ0) is 24.6. The lowest BCUT2D eigenvalue weighted by molar-refractivity contribution is -0.143. The van der Waals surface area contributed by atoms with Crippen molar-refractivity contribution in [3.8, 4) is 0 Å². The van der Waals surface area contributed by atoms with E-state index in [1.165, 1.54) is 16.4 Å². The molecule has 0 aliphatic carbocycles. The van der Waals surface area contributed by atoms with E-state index in [0.717, 1.165) is 22.3 Å². The van der Waals surface area contributed by atoms with Gasteiger partial charge in [-0.2, -0.15) is 0 Å². The van der Waals surface area contributed by atoms with Crippen LogP contribution in [0.5, 0.6) is 0 Å². The lowest BCUT2D eigenvalue weighted by Crippen LogP contribution is -2.29. The van der Waals surface area contributed by atoms with Crippen molar-refractivity contribution in [1.29, 1.82) is 0 Å². The van der Waals surface area contributed by atoms with E-state index in [-0.39, 0.29) is 10.9 Å². The number of pyridine rings is 1. The van der Waals surface area contributed by atoms with Gasteiger partial charge >= 0.3 is 5.97 Å². The largest absolute Gasteiger partial charge is 0.466 e. The van der Waals surface area contributed by atoms with Gasteiger partial charge in [-0.05, 0) is 78.8 Å². The summed E-state index contributed by atoms with van der Waals surface area (Å²) < 4.78 is 32.2. The smallest absolute Gasteiger partial charge is 0.306 e. The number of hydrogen-bond donors (Lipinski definition) is 0. The average Bonchev–Trinajstić information content (AvgIpc) is 2.82. The van der Waals surface area contributed by atoms with Crippen LogP contribution in [0.2, 0.25) is 5.02 Å². The van der Waals surface area contributed by atoms with E-state index in [9.17, 15) is 13.2 Å². The second-order valence-corrected chi connectivity index (χ2v) is 10.5. The van der Waals surface area contributed by atoms with E-state index in [4.69, 9.17) is 16.3 Å². The molecule has 0 aliphatic heterocycles. The molecule has 0 saturated heterocycles. The molecule has 0 unspecified atom stereocenters. The molecule has 0 amide bonds. The average molecular weight is 501 g/mol. The van der Waals surface area contributed by atoms with Crippen molar-refractivity contribution in [3.05, 3.63) is 94.3 Å². The highest BCUT2D eigenvalue weighted by Gasteiger charge is 2.20. The Kier molecular flexibility index (Phi) is 9.21. The van der Waals surface area contributed by atoms with Gasteiger partial charge in [-0.25, -0.2) is 12.7 Å². The summed E-state index contributed by atoms with van der Waals surface area (Å²) in [5, 5.41) is 0.488. The maximum Gasteiger partial charge on any atom is 0.306 e. The minimum Gasteiger partial charge on any atom is -0.466 e. The van der Waals surface area contributed by atoms with Crippen molar-refractivity contribution < 1.29 is 17.9 Å². The lowest BCUT2D eigenvalue weighted by Gasteiger charge is -2.18. The third-order valence-electron chi connectivity index (χ3n) is 5.40. The quantitative estimate of drug-likeness (QED) is 0.357. The molecule has 0 aliphatic rings. The number of halogens is 1. The van der Waals surface area contributed by atoms with Crippen LogP contribution in [0.3, 0.4) is 0 Å². The summed E-state index contributed by atoms with van der Waals surface area (Å²) in [5.74, 6) is -0.226. The maximum absolute atomic E-state index is 12.9. The molecule has 2 aromatic carbocycles. The number of ether oxygens (including phenoxy) is 1. The first-order valence-corrected chi connectivity index (χ1v) is 13.0. The first-order valence-electron chi connectivity index (χ1n) is 11.2. The van der Waals surface area contributed by atoms with Crippen LogP contribution >= 0.6 is 11.6 Å². The van der Waals surface area contributed by atoms with Gasteiger partial charge in [-0.3, -0.25) is 9.78 Å². The summed E-state index contributed by atoms with van der Waals surface area (Å²) in [6.07, 6.45) is 5.67. The Morgan fingerprint density at radius 3 is 2.32 bits per heavy atom. The molecule has 6 nitrogen and oxygen atoms in total. The predicted molar refractivity (Wildman–Crippen MR) is 133 cm³/mol. The van der Waals surface area contributed by atoms with Crippen LogP contribution in [-0.2, 0) is 38.8 Å². The van der Waals surface area contributed by atoms with Gasteiger partial charge in [-0.15, -0.1) is 0 Å². The number of benzene rings is 2. The Labute approximate surface area is 206 Å². The van der Waals surface area contributed by atoms with Crippen molar-refractivity contribution in [3.63, 3.8) is 0 Å². The van der Waals surface area contributed by atoms with Gasteiger partial charge in [-0.1, -0.05) is 35.9 Å². The Morgan fingerprint density at radius 2 is 1.68 bits per heavy atom. The monoisotopic (exact) mass is 500 g/mol. The maximum atomic E-state index is 12.9. The highest BCUT2D eigenvalue weighted by molar-refractivity contribution is 7.89. The summed E-state index contributed by atoms with van der Waals surface area (Å²) in [6, 6.07) is 16.3. The zero-order valence-electron chi connectivity index (χ0n) is 19.4. The molecule has 0 N–H and O–H groups in total. The molecule has 0 spiro atoms. The van der Waals surface area contributed by atoms with Crippen LogP contribution in [0.15, 0.2) is 71.9 Å². The lowest BCUT2D eigenvalue weighted by atomic mass is 9.97. The second kappa shape index (κ2) is 12.1. The number of carbonyl (C=O) groups is 1. The number of hydrogen-bond acceptors (Lipinski definition) is 5. The SMILES string of the molecule is CCOC(=O)CCc1cc(CCN(C)S(=O)(=O)c2ccc(Cl)cc2)cc(Cc2cccnc2)c1. The fourth-order valence-electron chi connectivity index (χ4n) is 3.64. The molecule has 3 aromatic rings. The summed E-state index contributed by atoms with van der Waals surface area (Å²) in [7, 11) is -2.04. The molecule has 0 atom stereocenters. The van der Waals surface area contributed by atoms with E-state index in [1.54, 1.807) is 32.3 Å². The summed E-state index contributed by atoms with van der Waals surface area (Å²) in [6.45, 7) is 2.47. The summed E-state index contributed by atoms with van der Waals surface area (Å²) in [5.41, 5.74) is 4.21. The van der Waals surface area contributed by atoms with Crippen LogP contribution in [-0.4, -0.2) is 43.9 Å². The van der Waals surface area contributed by atoms with Gasteiger partial charge in [0.05, 0.1) is 11.5 Å². The predicted octanol–water partition coefficient (Wildman–Crippen LogP) is 4.68. The molecule has 0 fully saturated rings. The van der Waals surface area contributed by atoms with E-state index in [0.29, 0.717) is 43.9 Å². The molecular formula is C26H29ClN2O4S. The van der Waals surface area contributed by atoms with Crippen molar-refractivity contribution in [2.75, 3.05) is 20.2 Å².